The Kier molecular flexibility index (Phi) is 14.9. The van der Waals surface area contributed by atoms with Gasteiger partial charge < -0.3 is 19.7 Å². The van der Waals surface area contributed by atoms with Gasteiger partial charge in [0.1, 0.15) is 11.4 Å². The number of allylic oxidation sites excluding steroid dienone is 4. The first kappa shape index (κ1) is 60.9. The number of nitrogens with zero attached hydrogens (tertiary/aromatic N) is 6. The van der Waals surface area contributed by atoms with Crippen LogP contribution in [-0.2, 0) is 45.4 Å². The highest BCUT2D eigenvalue weighted by atomic mass is 16.5. The average molecular weight is 1160 g/mol. The van der Waals surface area contributed by atoms with E-state index in [2.05, 4.69) is 142 Å². The van der Waals surface area contributed by atoms with Crippen LogP contribution in [0.25, 0.3) is 0 Å². The number of aromatic nitrogens is 6. The van der Waals surface area contributed by atoms with Crippen LogP contribution in [0, 0.1) is 100 Å². The number of aliphatic carboxylic acids is 2. The van der Waals surface area contributed by atoms with Crippen molar-refractivity contribution in [2.75, 3.05) is 0 Å². The summed E-state index contributed by atoms with van der Waals surface area (Å²) >= 11 is 0. The predicted molar refractivity (Wildman–Crippen MR) is 329 cm³/mol. The molecule has 2 aromatic rings. The van der Waals surface area contributed by atoms with Crippen molar-refractivity contribution in [3.8, 4) is 0 Å². The number of aryl methyl sites for hydroxylation is 2. The Labute approximate surface area is 506 Å². The Morgan fingerprint density at radius 1 is 0.488 bits per heavy atom. The quantitative estimate of drug-likeness (QED) is 0.130. The second-order valence-electron chi connectivity index (χ2n) is 35.0. The van der Waals surface area contributed by atoms with E-state index in [1.54, 1.807) is 0 Å². The molecule has 16 atom stereocenters. The minimum Gasteiger partial charge on any atom is -0.481 e. The number of ether oxygens (including phenoxy) is 2. The maximum Gasteiger partial charge on any atom is 0.310 e. The first-order valence-electron chi connectivity index (χ1n) is 34.2. The van der Waals surface area contributed by atoms with Gasteiger partial charge in [-0.1, -0.05) is 143 Å². The lowest BCUT2D eigenvalue weighted by Gasteiger charge is -2.71. The fourth-order valence-corrected chi connectivity index (χ4v) is 24.1. The Bertz CT molecular complexity index is 2720. The van der Waals surface area contributed by atoms with Crippen molar-refractivity contribution in [1.82, 2.24) is 30.0 Å². The van der Waals surface area contributed by atoms with E-state index < -0.39 is 22.8 Å². The van der Waals surface area contributed by atoms with Crippen molar-refractivity contribution in [2.24, 2.45) is 100 Å². The highest BCUT2D eigenvalue weighted by Gasteiger charge is 2.72. The van der Waals surface area contributed by atoms with Gasteiger partial charge in [0.25, 0.3) is 0 Å². The molecule has 12 rings (SSSR count). The number of unbranched alkanes of at least 4 members (excludes halogenated alkanes) is 3. The molecule has 0 aromatic carbocycles. The molecule has 8 saturated carbocycles. The van der Waals surface area contributed by atoms with Gasteiger partial charge in [-0.05, 0) is 231 Å². The van der Waals surface area contributed by atoms with Crippen molar-refractivity contribution in [3.63, 3.8) is 0 Å². The number of carbonyl (C=O) groups is 2. The molecule has 10 aliphatic rings. The normalized spacial score (nSPS) is 44.0. The van der Waals surface area contributed by atoms with E-state index in [1.165, 1.54) is 49.7 Å². The first-order chi connectivity index (χ1) is 39.3. The number of hydrogen-bond acceptors (Lipinski definition) is 8. The maximum atomic E-state index is 13.2. The standard InChI is InChI=1S/C72H112N6O6/c1-61(2)31-35-71(59(79)80)37-33-67(11)49(51(71)41-61)19-21-55-65(9)27-25-57(63(5,6)53(65)23-29-69(55,67)13)83-45-47-43-77(75-73-47)39-17-15-16-18-40-78-44-48(74-76-78)46-84-58-26-28-66(10)54(64(58,7)8)24-30-70(14)56(66)22-20-50-52-42-62(3,4)32-36-72(52,60(81)82)38-34-68(50,70)12/h19-20,43-44,51-58H,15-18,21-42,45-46H2,1-14H3,(H,79,80)(H,81,82)/t51-,52-,53-,54-,55+,56+,57-,58-,65-,66-,67+,68+,69+,70+,71-,72-/m0/s1. The summed E-state index contributed by atoms with van der Waals surface area (Å²) < 4.78 is 17.8. The van der Waals surface area contributed by atoms with E-state index in [9.17, 15) is 19.8 Å². The molecule has 12 nitrogen and oxygen atoms in total. The van der Waals surface area contributed by atoms with Gasteiger partial charge in [0.2, 0.25) is 0 Å². The van der Waals surface area contributed by atoms with Gasteiger partial charge in [0.15, 0.2) is 0 Å². The summed E-state index contributed by atoms with van der Waals surface area (Å²) in [5.74, 6) is 1.46. The number of carboxylic acids is 2. The number of fused-ring (bicyclic) bond motifs is 14. The third kappa shape index (κ3) is 9.14. The summed E-state index contributed by atoms with van der Waals surface area (Å²) in [7, 11) is 0. The van der Waals surface area contributed by atoms with E-state index in [4.69, 9.17) is 9.47 Å². The van der Waals surface area contributed by atoms with Gasteiger partial charge in [-0.3, -0.25) is 19.0 Å². The van der Waals surface area contributed by atoms with Crippen LogP contribution in [0.5, 0.6) is 0 Å². The average Bonchev–Trinajstić information content (AvgIpc) is 0.758. The van der Waals surface area contributed by atoms with Gasteiger partial charge in [-0.25, -0.2) is 0 Å². The molecule has 0 spiro atoms. The monoisotopic (exact) mass is 1160 g/mol. The van der Waals surface area contributed by atoms with Crippen LogP contribution in [0.2, 0.25) is 0 Å². The molecule has 2 aromatic heterocycles. The van der Waals surface area contributed by atoms with E-state index >= 15 is 0 Å². The Balaban J connectivity index is 0.586. The molecule has 0 aliphatic heterocycles. The summed E-state index contributed by atoms with van der Waals surface area (Å²) in [5.41, 5.74) is 4.83. The van der Waals surface area contributed by atoms with Crippen LogP contribution in [-0.4, -0.2) is 64.3 Å². The van der Waals surface area contributed by atoms with E-state index in [1.807, 2.05) is 9.36 Å². The molecular formula is C72H112N6O6. The minimum atomic E-state index is -0.595. The summed E-state index contributed by atoms with van der Waals surface area (Å²) in [6, 6.07) is 0. The molecule has 2 N–H and O–H groups in total. The summed E-state index contributed by atoms with van der Waals surface area (Å²) in [5, 5.41) is 39.9. The molecule has 466 valence electrons. The zero-order valence-corrected chi connectivity index (χ0v) is 54.9. The molecule has 2 heterocycles. The van der Waals surface area contributed by atoms with Gasteiger partial charge >= 0.3 is 11.9 Å². The molecule has 0 unspecified atom stereocenters. The SMILES string of the molecule is CC1(C)CC[C@]2(C(=O)O)CC[C@]3(C)C(=CC[C@@H]4[C@@]5(C)CC[C@H](OCc6cn(CCCCCCn7cc(CO[C@H]8CC[C@]9(C)[C@H]%10CC=C%11[C@@H]%12CC(C)(C)CC[C@]%12(C(=O)O)CC[C@@]%11(C)[C@]%10(C)CC[C@H]9C8(C)C)nn7)nn6)C(C)(C)[C@@H]5CC[C@]43C)[C@@H]2C1. The predicted octanol–water partition coefficient (Wildman–Crippen LogP) is 16.7. The first-order valence-corrected chi connectivity index (χ1v) is 34.2. The number of hydrogen-bond donors (Lipinski definition) is 2. The lowest BCUT2D eigenvalue weighted by molar-refractivity contribution is -0.214. The lowest BCUT2D eigenvalue weighted by Crippen LogP contribution is -2.65. The second kappa shape index (κ2) is 20.6. The fraction of sp³-hybridized carbons (Fsp3) is 0.861. The third-order valence-corrected chi connectivity index (χ3v) is 29.6. The van der Waals surface area contributed by atoms with E-state index in [0.29, 0.717) is 36.9 Å². The van der Waals surface area contributed by atoms with Crippen molar-refractivity contribution < 1.29 is 29.3 Å². The van der Waals surface area contributed by atoms with Crippen molar-refractivity contribution >= 4 is 11.9 Å². The highest BCUT2D eigenvalue weighted by molar-refractivity contribution is 5.77. The van der Waals surface area contributed by atoms with Crippen LogP contribution < -0.4 is 0 Å². The largest absolute Gasteiger partial charge is 0.481 e. The van der Waals surface area contributed by atoms with Gasteiger partial charge in [-0.2, -0.15) is 0 Å². The zero-order chi connectivity index (χ0) is 60.1. The summed E-state index contributed by atoms with van der Waals surface area (Å²) in [4.78, 5) is 26.3. The number of carboxylic acid groups (broad SMARTS) is 2. The summed E-state index contributed by atoms with van der Waals surface area (Å²) in [6.07, 6.45) is 34.7. The smallest absolute Gasteiger partial charge is 0.310 e. The summed E-state index contributed by atoms with van der Waals surface area (Å²) in [6.45, 7) is 37.7. The van der Waals surface area contributed by atoms with Crippen LogP contribution in [0.15, 0.2) is 35.7 Å². The highest BCUT2D eigenvalue weighted by Crippen LogP contribution is 2.78. The van der Waals surface area contributed by atoms with Crippen LogP contribution in [0.1, 0.15) is 262 Å². The lowest BCUT2D eigenvalue weighted by atomic mass is 9.33. The molecule has 0 saturated heterocycles. The Morgan fingerprint density at radius 2 is 0.869 bits per heavy atom. The molecule has 0 amide bonds. The molecular weight excluding hydrogens is 1040 g/mol. The topological polar surface area (TPSA) is 154 Å². The molecule has 10 aliphatic carbocycles. The minimum absolute atomic E-state index is 0.0212. The van der Waals surface area contributed by atoms with Crippen molar-refractivity contribution in [3.05, 3.63) is 47.1 Å². The molecule has 0 radical (unpaired) electrons. The zero-order valence-electron chi connectivity index (χ0n) is 54.9. The molecule has 12 heteroatoms. The Morgan fingerprint density at radius 3 is 1.25 bits per heavy atom. The molecule has 0 bridgehead atoms. The van der Waals surface area contributed by atoms with Gasteiger partial charge in [0, 0.05) is 13.1 Å². The maximum absolute atomic E-state index is 13.2. The van der Waals surface area contributed by atoms with Crippen LogP contribution in [0.3, 0.4) is 0 Å². The van der Waals surface area contributed by atoms with Crippen molar-refractivity contribution in [2.45, 2.75) is 290 Å². The van der Waals surface area contributed by atoms with Gasteiger partial charge in [0.05, 0.1) is 48.6 Å². The molecule has 84 heavy (non-hydrogen) atoms. The van der Waals surface area contributed by atoms with E-state index in [0.717, 1.165) is 140 Å². The third-order valence-electron chi connectivity index (χ3n) is 29.6. The second-order valence-corrected chi connectivity index (χ2v) is 35.0. The Hall–Kier alpha value is -3.38. The number of rotatable bonds is 15. The van der Waals surface area contributed by atoms with Crippen LogP contribution in [0.4, 0.5) is 0 Å². The molecule has 8 fully saturated rings. The van der Waals surface area contributed by atoms with E-state index in [-0.39, 0.29) is 78.2 Å². The fourth-order valence-electron chi connectivity index (χ4n) is 24.1. The van der Waals surface area contributed by atoms with Crippen LogP contribution >= 0.6 is 0 Å². The van der Waals surface area contributed by atoms with Crippen molar-refractivity contribution in [1.29, 1.82) is 0 Å². The van der Waals surface area contributed by atoms with Gasteiger partial charge in [-0.15, -0.1) is 10.2 Å².